The minimum atomic E-state index is -0.827. The zero-order valence-electron chi connectivity index (χ0n) is 13.6. The number of hydrogen-bond donors (Lipinski definition) is 1. The van der Waals surface area contributed by atoms with Gasteiger partial charge in [0.15, 0.2) is 6.61 Å². The fourth-order valence-corrected chi connectivity index (χ4v) is 2.67. The molecular formula is C18H14Cl2FNO4. The number of carbonyl (C=O) groups is 3. The molecule has 0 heterocycles. The predicted molar refractivity (Wildman–Crippen MR) is 96.2 cm³/mol. The highest BCUT2D eigenvalue weighted by Crippen LogP contribution is 2.25. The number of ketones is 1. The average Bonchev–Trinajstić information content (AvgIpc) is 2.55. The van der Waals surface area contributed by atoms with E-state index in [1.807, 2.05) is 0 Å². The van der Waals surface area contributed by atoms with Gasteiger partial charge in [-0.15, -0.1) is 0 Å². The largest absolute Gasteiger partial charge is 0.457 e. The first-order chi connectivity index (χ1) is 12.3. The van der Waals surface area contributed by atoms with Crippen molar-refractivity contribution in [1.82, 2.24) is 0 Å². The number of rotatable bonds is 6. The number of hydrogen-bond acceptors (Lipinski definition) is 4. The van der Waals surface area contributed by atoms with Crippen LogP contribution in [-0.4, -0.2) is 24.3 Å². The van der Waals surface area contributed by atoms with Crippen LogP contribution in [-0.2, 0) is 20.7 Å². The Balaban J connectivity index is 1.98. The topological polar surface area (TPSA) is 72.5 Å². The van der Waals surface area contributed by atoms with Crippen molar-refractivity contribution >= 4 is 46.5 Å². The standard InChI is InChI=1S/C18H14Cl2FNO4/c1-10(23)22-11-5-6-12(16(21)7-11)17(24)9-26-18(25)8-13-14(19)3-2-4-15(13)20/h2-7H,8-9H2,1H3,(H,22,23). The Hall–Kier alpha value is -2.44. The Bertz CT molecular complexity index is 850. The Labute approximate surface area is 159 Å². The van der Waals surface area contributed by atoms with E-state index in [9.17, 15) is 18.8 Å². The summed E-state index contributed by atoms with van der Waals surface area (Å²) in [6, 6.07) is 8.39. The maximum atomic E-state index is 14.0. The molecule has 0 aliphatic rings. The van der Waals surface area contributed by atoms with Crippen LogP contribution in [0.3, 0.4) is 0 Å². The molecule has 0 aliphatic heterocycles. The second kappa shape index (κ2) is 8.78. The summed E-state index contributed by atoms with van der Waals surface area (Å²) in [7, 11) is 0. The average molecular weight is 398 g/mol. The molecule has 2 aromatic rings. The number of carbonyl (C=O) groups excluding carboxylic acids is 3. The van der Waals surface area contributed by atoms with Gasteiger partial charge < -0.3 is 10.1 Å². The molecule has 0 bridgehead atoms. The van der Waals surface area contributed by atoms with Gasteiger partial charge in [0.2, 0.25) is 11.7 Å². The highest BCUT2D eigenvalue weighted by Gasteiger charge is 2.17. The lowest BCUT2D eigenvalue weighted by atomic mass is 10.1. The molecule has 0 saturated heterocycles. The zero-order chi connectivity index (χ0) is 19.3. The maximum absolute atomic E-state index is 14.0. The highest BCUT2D eigenvalue weighted by molar-refractivity contribution is 6.36. The van der Waals surface area contributed by atoms with Crippen molar-refractivity contribution in [1.29, 1.82) is 0 Å². The van der Waals surface area contributed by atoms with Crippen LogP contribution in [0, 0.1) is 5.82 Å². The summed E-state index contributed by atoms with van der Waals surface area (Å²) >= 11 is 11.9. The quantitative estimate of drug-likeness (QED) is 0.589. The molecule has 1 amide bonds. The van der Waals surface area contributed by atoms with E-state index in [4.69, 9.17) is 27.9 Å². The Morgan fingerprint density at radius 1 is 1.12 bits per heavy atom. The number of anilines is 1. The normalized spacial score (nSPS) is 10.3. The third-order valence-corrected chi connectivity index (χ3v) is 4.05. The van der Waals surface area contributed by atoms with E-state index in [2.05, 4.69) is 5.32 Å². The first-order valence-corrected chi connectivity index (χ1v) is 8.22. The first kappa shape index (κ1) is 19.9. The van der Waals surface area contributed by atoms with Gasteiger partial charge >= 0.3 is 5.97 Å². The SMILES string of the molecule is CC(=O)Nc1ccc(C(=O)COC(=O)Cc2c(Cl)cccc2Cl)c(F)c1. The minimum Gasteiger partial charge on any atom is -0.457 e. The molecule has 0 radical (unpaired) electrons. The summed E-state index contributed by atoms with van der Waals surface area (Å²) in [5.74, 6) is -2.62. The van der Waals surface area contributed by atoms with Gasteiger partial charge in [0, 0.05) is 28.2 Å². The monoisotopic (exact) mass is 397 g/mol. The molecule has 0 fully saturated rings. The second-order valence-electron chi connectivity index (χ2n) is 5.34. The first-order valence-electron chi connectivity index (χ1n) is 7.46. The Morgan fingerprint density at radius 2 is 1.77 bits per heavy atom. The zero-order valence-corrected chi connectivity index (χ0v) is 15.2. The van der Waals surface area contributed by atoms with Crippen molar-refractivity contribution in [2.75, 3.05) is 11.9 Å². The van der Waals surface area contributed by atoms with Crippen LogP contribution in [0.2, 0.25) is 10.0 Å². The molecule has 5 nitrogen and oxygen atoms in total. The van der Waals surface area contributed by atoms with E-state index < -0.39 is 24.2 Å². The van der Waals surface area contributed by atoms with Crippen molar-refractivity contribution in [3.8, 4) is 0 Å². The lowest BCUT2D eigenvalue weighted by Gasteiger charge is -2.08. The highest BCUT2D eigenvalue weighted by atomic mass is 35.5. The molecule has 0 unspecified atom stereocenters. The van der Waals surface area contributed by atoms with Gasteiger partial charge in [-0.05, 0) is 30.3 Å². The molecule has 0 atom stereocenters. The van der Waals surface area contributed by atoms with E-state index in [0.717, 1.165) is 6.07 Å². The van der Waals surface area contributed by atoms with Gasteiger partial charge in [-0.1, -0.05) is 29.3 Å². The van der Waals surface area contributed by atoms with Crippen LogP contribution < -0.4 is 5.32 Å². The summed E-state index contributed by atoms with van der Waals surface area (Å²) in [5.41, 5.74) is 0.360. The summed E-state index contributed by atoms with van der Waals surface area (Å²) < 4.78 is 18.9. The lowest BCUT2D eigenvalue weighted by molar-refractivity contribution is -0.141. The fraction of sp³-hybridized carbons (Fsp3) is 0.167. The van der Waals surface area contributed by atoms with Crippen LogP contribution in [0.1, 0.15) is 22.8 Å². The molecule has 0 saturated carbocycles. The summed E-state index contributed by atoms with van der Waals surface area (Å²) in [5, 5.41) is 3.01. The second-order valence-corrected chi connectivity index (χ2v) is 6.15. The number of nitrogens with one attached hydrogen (secondary N) is 1. The van der Waals surface area contributed by atoms with Crippen LogP contribution in [0.15, 0.2) is 36.4 Å². The van der Waals surface area contributed by atoms with Crippen molar-refractivity contribution in [2.24, 2.45) is 0 Å². The van der Waals surface area contributed by atoms with E-state index >= 15 is 0 Å². The molecule has 0 spiro atoms. The fourth-order valence-electron chi connectivity index (χ4n) is 2.14. The maximum Gasteiger partial charge on any atom is 0.310 e. The number of amides is 1. The van der Waals surface area contributed by atoms with E-state index in [1.54, 1.807) is 18.2 Å². The molecule has 0 aromatic heterocycles. The van der Waals surface area contributed by atoms with Crippen LogP contribution in [0.25, 0.3) is 0 Å². The summed E-state index contributed by atoms with van der Waals surface area (Å²) in [6.45, 7) is 0.652. The number of esters is 1. The molecule has 136 valence electrons. The van der Waals surface area contributed by atoms with Crippen LogP contribution >= 0.6 is 23.2 Å². The molecule has 2 rings (SSSR count). The lowest BCUT2D eigenvalue weighted by Crippen LogP contribution is -2.17. The predicted octanol–water partition coefficient (Wildman–Crippen LogP) is 4.06. The van der Waals surface area contributed by atoms with Crippen molar-refractivity contribution < 1.29 is 23.5 Å². The third-order valence-electron chi connectivity index (χ3n) is 3.34. The Kier molecular flexibility index (Phi) is 6.71. The molecule has 2 aromatic carbocycles. The van der Waals surface area contributed by atoms with Gasteiger partial charge in [-0.3, -0.25) is 14.4 Å². The third kappa shape index (κ3) is 5.28. The number of ether oxygens (including phenoxy) is 1. The van der Waals surface area contributed by atoms with Crippen molar-refractivity contribution in [3.05, 3.63) is 63.4 Å². The molecule has 26 heavy (non-hydrogen) atoms. The van der Waals surface area contributed by atoms with Crippen LogP contribution in [0.5, 0.6) is 0 Å². The molecular weight excluding hydrogens is 384 g/mol. The van der Waals surface area contributed by atoms with Gasteiger partial charge in [-0.25, -0.2) is 4.39 Å². The van der Waals surface area contributed by atoms with E-state index in [-0.39, 0.29) is 23.6 Å². The van der Waals surface area contributed by atoms with Gasteiger partial charge in [-0.2, -0.15) is 0 Å². The van der Waals surface area contributed by atoms with E-state index in [0.29, 0.717) is 15.6 Å². The molecule has 1 N–H and O–H groups in total. The number of benzene rings is 2. The number of Topliss-reactive ketones (excluding diaryl/α,β-unsaturated/α-hetero) is 1. The van der Waals surface area contributed by atoms with Crippen molar-refractivity contribution in [3.63, 3.8) is 0 Å². The van der Waals surface area contributed by atoms with Gasteiger partial charge in [0.05, 0.1) is 12.0 Å². The van der Waals surface area contributed by atoms with E-state index in [1.165, 1.54) is 19.1 Å². The van der Waals surface area contributed by atoms with Gasteiger partial charge in [0.1, 0.15) is 5.82 Å². The Morgan fingerprint density at radius 3 is 2.35 bits per heavy atom. The summed E-state index contributed by atoms with van der Waals surface area (Å²) in [6.07, 6.45) is -0.213. The molecule has 0 aliphatic carbocycles. The minimum absolute atomic E-state index is 0.213. The molecule has 8 heteroatoms. The van der Waals surface area contributed by atoms with Crippen molar-refractivity contribution in [2.45, 2.75) is 13.3 Å². The van der Waals surface area contributed by atoms with Gasteiger partial charge in [0.25, 0.3) is 0 Å². The van der Waals surface area contributed by atoms with Crippen LogP contribution in [0.4, 0.5) is 10.1 Å². The number of halogens is 3. The summed E-state index contributed by atoms with van der Waals surface area (Å²) in [4.78, 5) is 34.9. The smallest absolute Gasteiger partial charge is 0.310 e.